The lowest BCUT2D eigenvalue weighted by atomic mass is 9.76. The Morgan fingerprint density at radius 1 is 1.14 bits per heavy atom. The van der Waals surface area contributed by atoms with Crippen LogP contribution < -0.4 is 0 Å². The SMILES string of the molecule is OB(O)C(F)(F)C(F)c1ccccc1. The monoisotopic (exact) mass is 204 g/mol. The Balaban J connectivity index is 2.90. The molecule has 1 aromatic rings. The fourth-order valence-electron chi connectivity index (χ4n) is 0.975. The normalized spacial score (nSPS) is 13.8. The van der Waals surface area contributed by atoms with Crippen LogP contribution in [0.25, 0.3) is 0 Å². The van der Waals surface area contributed by atoms with Gasteiger partial charge in [0.25, 0.3) is 0 Å². The van der Waals surface area contributed by atoms with E-state index in [9.17, 15) is 13.2 Å². The second-order valence-corrected chi connectivity index (χ2v) is 2.82. The fourth-order valence-corrected chi connectivity index (χ4v) is 0.975. The van der Waals surface area contributed by atoms with Crippen LogP contribution in [0, 0.1) is 0 Å². The largest absolute Gasteiger partial charge is 0.532 e. The van der Waals surface area contributed by atoms with Crippen LogP contribution in [-0.2, 0) is 0 Å². The first-order valence-corrected chi connectivity index (χ1v) is 3.89. The van der Waals surface area contributed by atoms with Crippen LogP contribution in [-0.4, -0.2) is 23.0 Å². The highest BCUT2D eigenvalue weighted by molar-refractivity contribution is 6.44. The van der Waals surface area contributed by atoms with Crippen molar-refractivity contribution in [2.45, 2.75) is 12.0 Å². The number of halogens is 3. The molecule has 0 saturated carbocycles. The van der Waals surface area contributed by atoms with Gasteiger partial charge in [-0.15, -0.1) is 0 Å². The molecule has 0 radical (unpaired) electrons. The number of rotatable bonds is 3. The van der Waals surface area contributed by atoms with Gasteiger partial charge in [0.15, 0.2) is 6.17 Å². The molecule has 0 aliphatic rings. The van der Waals surface area contributed by atoms with Gasteiger partial charge in [-0.25, -0.2) is 13.2 Å². The summed E-state index contributed by atoms with van der Waals surface area (Å²) >= 11 is 0. The highest BCUT2D eigenvalue weighted by atomic mass is 19.3. The Kier molecular flexibility index (Phi) is 3.18. The molecule has 1 rings (SSSR count). The van der Waals surface area contributed by atoms with Gasteiger partial charge in [0.2, 0.25) is 0 Å². The van der Waals surface area contributed by atoms with E-state index in [1.165, 1.54) is 12.1 Å². The minimum atomic E-state index is -4.19. The third-order valence-electron chi connectivity index (χ3n) is 1.77. The Morgan fingerprint density at radius 3 is 2.07 bits per heavy atom. The molecule has 2 nitrogen and oxygen atoms in total. The first-order chi connectivity index (χ1) is 6.46. The molecule has 1 atom stereocenters. The average Bonchev–Trinajstić information content (AvgIpc) is 2.17. The van der Waals surface area contributed by atoms with E-state index in [-0.39, 0.29) is 5.56 Å². The molecule has 76 valence electrons. The summed E-state index contributed by atoms with van der Waals surface area (Å²) in [7, 11) is -3.00. The molecule has 0 aliphatic carbocycles. The van der Waals surface area contributed by atoms with Gasteiger partial charge in [-0.05, 0) is 5.56 Å². The molecule has 0 heterocycles. The van der Waals surface area contributed by atoms with E-state index in [1.54, 1.807) is 6.07 Å². The zero-order valence-electron chi connectivity index (χ0n) is 7.07. The average molecular weight is 204 g/mol. The summed E-state index contributed by atoms with van der Waals surface area (Å²) in [6.45, 7) is 0. The number of benzene rings is 1. The maximum atomic E-state index is 13.1. The molecule has 0 bridgehead atoms. The highest BCUT2D eigenvalue weighted by Crippen LogP contribution is 2.35. The predicted octanol–water partition coefficient (Wildman–Crippen LogP) is 1.34. The molecule has 0 amide bonds. The third-order valence-corrected chi connectivity index (χ3v) is 1.77. The van der Waals surface area contributed by atoms with E-state index < -0.39 is 19.1 Å². The smallest absolute Gasteiger partial charge is 0.423 e. The maximum absolute atomic E-state index is 13.1. The topological polar surface area (TPSA) is 40.5 Å². The van der Waals surface area contributed by atoms with E-state index in [0.29, 0.717) is 0 Å². The Bertz CT molecular complexity index is 292. The van der Waals surface area contributed by atoms with Crippen LogP contribution in [0.5, 0.6) is 0 Å². The van der Waals surface area contributed by atoms with Crippen molar-refractivity contribution in [3.8, 4) is 0 Å². The van der Waals surface area contributed by atoms with Gasteiger partial charge in [-0.1, -0.05) is 30.3 Å². The molecule has 0 aliphatic heterocycles. The highest BCUT2D eigenvalue weighted by Gasteiger charge is 2.52. The van der Waals surface area contributed by atoms with Crippen LogP contribution in [0.4, 0.5) is 13.2 Å². The van der Waals surface area contributed by atoms with Crippen molar-refractivity contribution >= 4 is 7.12 Å². The lowest BCUT2D eigenvalue weighted by molar-refractivity contribution is -0.0278. The zero-order chi connectivity index (χ0) is 10.8. The lowest BCUT2D eigenvalue weighted by Gasteiger charge is -2.19. The van der Waals surface area contributed by atoms with Crippen LogP contribution >= 0.6 is 0 Å². The van der Waals surface area contributed by atoms with Gasteiger partial charge < -0.3 is 10.0 Å². The van der Waals surface area contributed by atoms with Crippen LogP contribution in [0.2, 0.25) is 0 Å². The Labute approximate surface area is 79.1 Å². The summed E-state index contributed by atoms with van der Waals surface area (Å²) in [6.07, 6.45) is -2.72. The van der Waals surface area contributed by atoms with E-state index in [0.717, 1.165) is 12.1 Å². The molecule has 0 fully saturated rings. The standard InChI is InChI=1S/C8H8BF3O2/c10-7(8(11,12)9(13)14)6-4-2-1-3-5-6/h1-5,7,13-14H. The molecule has 6 heteroatoms. The zero-order valence-corrected chi connectivity index (χ0v) is 7.07. The van der Waals surface area contributed by atoms with E-state index in [2.05, 4.69) is 0 Å². The molecule has 0 aromatic heterocycles. The van der Waals surface area contributed by atoms with E-state index in [4.69, 9.17) is 10.0 Å². The summed E-state index contributed by atoms with van der Waals surface area (Å²) in [5, 5.41) is 16.6. The van der Waals surface area contributed by atoms with Crippen LogP contribution in [0.15, 0.2) is 30.3 Å². The van der Waals surface area contributed by atoms with Crippen LogP contribution in [0.1, 0.15) is 11.7 Å². The Hall–Kier alpha value is -1.01. The fraction of sp³-hybridized carbons (Fsp3) is 0.250. The number of alkyl halides is 3. The molecular formula is C8H8BF3O2. The van der Waals surface area contributed by atoms with E-state index in [1.807, 2.05) is 0 Å². The van der Waals surface area contributed by atoms with Crippen LogP contribution in [0.3, 0.4) is 0 Å². The molecule has 0 spiro atoms. The summed E-state index contributed by atoms with van der Waals surface area (Å²) in [4.78, 5) is 0. The van der Waals surface area contributed by atoms with Gasteiger partial charge >= 0.3 is 12.9 Å². The van der Waals surface area contributed by atoms with Gasteiger partial charge in [0, 0.05) is 0 Å². The molecular weight excluding hydrogens is 196 g/mol. The summed E-state index contributed by atoms with van der Waals surface area (Å²) in [6, 6.07) is 6.63. The first-order valence-electron chi connectivity index (χ1n) is 3.89. The maximum Gasteiger partial charge on any atom is 0.532 e. The summed E-state index contributed by atoms with van der Waals surface area (Å²) < 4.78 is 38.6. The van der Waals surface area contributed by atoms with Crippen molar-refractivity contribution in [1.82, 2.24) is 0 Å². The Morgan fingerprint density at radius 2 is 1.64 bits per heavy atom. The number of hydrogen-bond acceptors (Lipinski definition) is 2. The summed E-state index contributed by atoms with van der Waals surface area (Å²) in [5.74, 6) is -4.19. The number of hydrogen-bond donors (Lipinski definition) is 2. The second kappa shape index (κ2) is 4.02. The minimum absolute atomic E-state index is 0.286. The first kappa shape index (κ1) is 11.1. The second-order valence-electron chi connectivity index (χ2n) is 2.82. The van der Waals surface area contributed by atoms with Gasteiger partial charge in [0.05, 0.1) is 0 Å². The van der Waals surface area contributed by atoms with Gasteiger partial charge in [0.1, 0.15) is 0 Å². The van der Waals surface area contributed by atoms with Crippen molar-refractivity contribution in [3.63, 3.8) is 0 Å². The third kappa shape index (κ3) is 2.08. The lowest BCUT2D eigenvalue weighted by Crippen LogP contribution is -2.42. The molecule has 0 saturated heterocycles. The molecule has 14 heavy (non-hydrogen) atoms. The van der Waals surface area contributed by atoms with Gasteiger partial charge in [-0.3, -0.25) is 0 Å². The molecule has 2 N–H and O–H groups in total. The molecule has 1 unspecified atom stereocenters. The van der Waals surface area contributed by atoms with Crippen molar-refractivity contribution in [1.29, 1.82) is 0 Å². The van der Waals surface area contributed by atoms with Gasteiger partial charge in [-0.2, -0.15) is 0 Å². The van der Waals surface area contributed by atoms with Crippen molar-refractivity contribution in [2.24, 2.45) is 0 Å². The minimum Gasteiger partial charge on any atom is -0.423 e. The summed E-state index contributed by atoms with van der Waals surface area (Å²) in [5.41, 5.74) is -0.286. The molecule has 1 aromatic carbocycles. The van der Waals surface area contributed by atoms with Crippen molar-refractivity contribution < 1.29 is 23.2 Å². The van der Waals surface area contributed by atoms with E-state index >= 15 is 0 Å². The van der Waals surface area contributed by atoms with Crippen molar-refractivity contribution in [2.75, 3.05) is 0 Å². The quantitative estimate of drug-likeness (QED) is 0.729. The van der Waals surface area contributed by atoms with Crippen molar-refractivity contribution in [3.05, 3.63) is 35.9 Å². The predicted molar refractivity (Wildman–Crippen MR) is 45.4 cm³/mol.